The fraction of sp³-hybridized carbons (Fsp3) is 0.200. The molecule has 0 bridgehead atoms. The molecule has 0 radical (unpaired) electrons. The van der Waals surface area contributed by atoms with Crippen LogP contribution in [0.25, 0.3) is 0 Å². The van der Waals surface area contributed by atoms with Crippen molar-refractivity contribution in [2.24, 2.45) is 0 Å². The molecule has 1 unspecified atom stereocenters. The number of pyridine rings is 1. The highest BCUT2D eigenvalue weighted by atomic mass is 16.5. The summed E-state index contributed by atoms with van der Waals surface area (Å²) >= 11 is 0. The Kier molecular flexibility index (Phi) is 3.89. The van der Waals surface area contributed by atoms with E-state index in [-0.39, 0.29) is 17.3 Å². The number of ether oxygens (including phenoxy) is 1. The number of nitrogens with zero attached hydrogens (tertiary/aromatic N) is 1. The zero-order valence-corrected chi connectivity index (χ0v) is 11.2. The number of phenolic OH excluding ortho intramolecular Hbond substituents is 2. The highest BCUT2D eigenvalue weighted by Crippen LogP contribution is 2.34. The summed E-state index contributed by atoms with van der Waals surface area (Å²) in [5.41, 5.74) is 1.08. The van der Waals surface area contributed by atoms with E-state index in [0.29, 0.717) is 17.0 Å². The number of carbonyl (C=O) groups excluding carboxylic acids is 1. The van der Waals surface area contributed by atoms with Crippen LogP contribution in [0.1, 0.15) is 24.0 Å². The molecule has 2 aromatic rings. The van der Waals surface area contributed by atoms with Crippen molar-refractivity contribution in [3.63, 3.8) is 0 Å². The second kappa shape index (κ2) is 5.61. The van der Waals surface area contributed by atoms with E-state index < -0.39 is 5.92 Å². The molecule has 1 aromatic heterocycles. The van der Waals surface area contributed by atoms with Crippen LogP contribution in [0.3, 0.4) is 0 Å². The standard InChI is InChI=1S/C15H15NO4/c1-9(17)15(10-3-6-14(20-2)16-8-10)12-5-4-11(18)7-13(12)19/h3-8,15,18-19H,1-2H3. The number of hydrogen-bond donors (Lipinski definition) is 2. The Balaban J connectivity index is 2.47. The first-order valence-electron chi connectivity index (χ1n) is 6.05. The minimum Gasteiger partial charge on any atom is -0.508 e. The number of benzene rings is 1. The van der Waals surface area contributed by atoms with E-state index in [0.717, 1.165) is 0 Å². The molecule has 0 aliphatic heterocycles. The minimum absolute atomic E-state index is 0.0543. The van der Waals surface area contributed by atoms with E-state index in [1.807, 2.05) is 0 Å². The minimum atomic E-state index is -0.631. The molecule has 5 heteroatoms. The van der Waals surface area contributed by atoms with Crippen LogP contribution in [-0.2, 0) is 4.79 Å². The molecule has 104 valence electrons. The summed E-state index contributed by atoms with van der Waals surface area (Å²) in [4.78, 5) is 16.0. The van der Waals surface area contributed by atoms with Gasteiger partial charge in [0.1, 0.15) is 17.3 Å². The largest absolute Gasteiger partial charge is 0.508 e. The zero-order valence-electron chi connectivity index (χ0n) is 11.2. The molecule has 0 amide bonds. The smallest absolute Gasteiger partial charge is 0.212 e. The van der Waals surface area contributed by atoms with E-state index in [1.165, 1.54) is 38.4 Å². The first-order valence-corrected chi connectivity index (χ1v) is 6.05. The molecule has 0 saturated heterocycles. The fourth-order valence-corrected chi connectivity index (χ4v) is 2.09. The monoisotopic (exact) mass is 273 g/mol. The first kappa shape index (κ1) is 13.9. The lowest BCUT2D eigenvalue weighted by molar-refractivity contribution is -0.117. The molecule has 0 spiro atoms. The topological polar surface area (TPSA) is 79.7 Å². The van der Waals surface area contributed by atoms with Crippen LogP contribution < -0.4 is 4.74 Å². The van der Waals surface area contributed by atoms with Crippen LogP contribution >= 0.6 is 0 Å². The van der Waals surface area contributed by atoms with Crippen molar-refractivity contribution in [1.29, 1.82) is 0 Å². The molecule has 0 aliphatic rings. The van der Waals surface area contributed by atoms with Crippen molar-refractivity contribution >= 4 is 5.78 Å². The number of Topliss-reactive ketones (excluding diaryl/α,β-unsaturated/α-hetero) is 1. The van der Waals surface area contributed by atoms with Crippen LogP contribution in [0.4, 0.5) is 0 Å². The predicted octanol–water partition coefficient (Wildman–Crippen LogP) is 2.22. The summed E-state index contributed by atoms with van der Waals surface area (Å²) in [7, 11) is 1.51. The number of rotatable bonds is 4. The van der Waals surface area contributed by atoms with Gasteiger partial charge in [-0.25, -0.2) is 4.98 Å². The normalized spacial score (nSPS) is 11.9. The molecule has 0 aliphatic carbocycles. The summed E-state index contributed by atoms with van der Waals surface area (Å²) in [5.74, 6) is -0.486. The van der Waals surface area contributed by atoms with E-state index in [1.54, 1.807) is 12.1 Å². The molecular formula is C15H15NO4. The fourth-order valence-electron chi connectivity index (χ4n) is 2.09. The van der Waals surface area contributed by atoms with Crippen LogP contribution in [-0.4, -0.2) is 28.1 Å². The highest BCUT2D eigenvalue weighted by Gasteiger charge is 2.22. The average Bonchev–Trinajstić information content (AvgIpc) is 2.42. The van der Waals surface area contributed by atoms with Gasteiger partial charge in [0, 0.05) is 23.9 Å². The lowest BCUT2D eigenvalue weighted by Crippen LogP contribution is -2.11. The number of carbonyl (C=O) groups is 1. The van der Waals surface area contributed by atoms with Gasteiger partial charge in [-0.15, -0.1) is 0 Å². The molecule has 1 aromatic carbocycles. The van der Waals surface area contributed by atoms with Crippen molar-refractivity contribution in [1.82, 2.24) is 4.98 Å². The van der Waals surface area contributed by atoms with Gasteiger partial charge < -0.3 is 14.9 Å². The van der Waals surface area contributed by atoms with Gasteiger partial charge in [-0.1, -0.05) is 12.1 Å². The quantitative estimate of drug-likeness (QED) is 0.892. The average molecular weight is 273 g/mol. The van der Waals surface area contributed by atoms with Crippen LogP contribution in [0, 0.1) is 0 Å². The zero-order chi connectivity index (χ0) is 14.7. The van der Waals surface area contributed by atoms with Crippen LogP contribution in [0.15, 0.2) is 36.5 Å². The van der Waals surface area contributed by atoms with Gasteiger partial charge >= 0.3 is 0 Å². The third-order valence-corrected chi connectivity index (χ3v) is 3.03. The Morgan fingerprint density at radius 2 is 2.00 bits per heavy atom. The number of ketones is 1. The molecular weight excluding hydrogens is 258 g/mol. The summed E-state index contributed by atoms with van der Waals surface area (Å²) in [6.45, 7) is 1.45. The van der Waals surface area contributed by atoms with Crippen molar-refractivity contribution in [3.8, 4) is 17.4 Å². The van der Waals surface area contributed by atoms with Gasteiger partial charge in [-0.3, -0.25) is 4.79 Å². The van der Waals surface area contributed by atoms with Gasteiger partial charge in [0.15, 0.2) is 0 Å². The lowest BCUT2D eigenvalue weighted by atomic mass is 9.88. The van der Waals surface area contributed by atoms with Gasteiger partial charge in [0.05, 0.1) is 13.0 Å². The number of methoxy groups -OCH3 is 1. The summed E-state index contributed by atoms with van der Waals surface area (Å²) < 4.78 is 4.98. The van der Waals surface area contributed by atoms with E-state index >= 15 is 0 Å². The number of aromatic nitrogens is 1. The molecule has 2 rings (SSSR count). The van der Waals surface area contributed by atoms with Crippen molar-refractivity contribution in [2.75, 3.05) is 7.11 Å². The molecule has 0 saturated carbocycles. The van der Waals surface area contributed by atoms with E-state index in [4.69, 9.17) is 4.74 Å². The van der Waals surface area contributed by atoms with Gasteiger partial charge in [0.2, 0.25) is 5.88 Å². The number of aromatic hydroxyl groups is 2. The molecule has 2 N–H and O–H groups in total. The Hall–Kier alpha value is -2.56. The third kappa shape index (κ3) is 2.71. The Bertz CT molecular complexity index is 622. The van der Waals surface area contributed by atoms with Crippen LogP contribution in [0.2, 0.25) is 0 Å². The second-order valence-electron chi connectivity index (χ2n) is 4.42. The number of hydrogen-bond acceptors (Lipinski definition) is 5. The molecule has 1 atom stereocenters. The molecule has 0 fully saturated rings. The van der Waals surface area contributed by atoms with E-state index in [9.17, 15) is 15.0 Å². The summed E-state index contributed by atoms with van der Waals surface area (Å²) in [6, 6.07) is 7.55. The number of phenols is 2. The molecule has 1 heterocycles. The maximum atomic E-state index is 11.9. The van der Waals surface area contributed by atoms with Gasteiger partial charge in [-0.05, 0) is 18.6 Å². The summed E-state index contributed by atoms with van der Waals surface area (Å²) in [6.07, 6.45) is 1.54. The maximum absolute atomic E-state index is 11.9. The Morgan fingerprint density at radius 1 is 1.25 bits per heavy atom. The van der Waals surface area contributed by atoms with Crippen LogP contribution in [0.5, 0.6) is 17.4 Å². The lowest BCUT2D eigenvalue weighted by Gasteiger charge is -2.16. The third-order valence-electron chi connectivity index (χ3n) is 3.03. The van der Waals surface area contributed by atoms with Crippen molar-refractivity contribution in [2.45, 2.75) is 12.8 Å². The van der Waals surface area contributed by atoms with Gasteiger partial charge in [0.25, 0.3) is 0 Å². The van der Waals surface area contributed by atoms with Gasteiger partial charge in [-0.2, -0.15) is 0 Å². The molecule has 20 heavy (non-hydrogen) atoms. The first-order chi connectivity index (χ1) is 9.52. The maximum Gasteiger partial charge on any atom is 0.212 e. The van der Waals surface area contributed by atoms with Crippen molar-refractivity contribution < 1.29 is 19.7 Å². The second-order valence-corrected chi connectivity index (χ2v) is 4.42. The Labute approximate surface area is 116 Å². The Morgan fingerprint density at radius 3 is 2.50 bits per heavy atom. The summed E-state index contributed by atoms with van der Waals surface area (Å²) in [5, 5.41) is 19.2. The SMILES string of the molecule is COc1ccc(C(C(C)=O)c2ccc(O)cc2O)cn1. The predicted molar refractivity (Wildman–Crippen MR) is 73.1 cm³/mol. The van der Waals surface area contributed by atoms with Crippen molar-refractivity contribution in [3.05, 3.63) is 47.7 Å². The molecule has 5 nitrogen and oxygen atoms in total. The highest BCUT2D eigenvalue weighted by molar-refractivity contribution is 5.87. The van der Waals surface area contributed by atoms with E-state index in [2.05, 4.69) is 4.98 Å².